The normalized spacial score (nSPS) is 15.8. The van der Waals surface area contributed by atoms with Gasteiger partial charge in [0.2, 0.25) is 0 Å². The number of benzene rings is 2. The third kappa shape index (κ3) is 5.21. The highest BCUT2D eigenvalue weighted by Crippen LogP contribution is 2.34. The van der Waals surface area contributed by atoms with Gasteiger partial charge in [-0.05, 0) is 48.1 Å². The number of amides is 1. The molecular weight excluding hydrogens is 460 g/mol. The van der Waals surface area contributed by atoms with Crippen LogP contribution < -0.4 is 4.74 Å². The lowest BCUT2D eigenvalue weighted by molar-refractivity contribution is 0.0726. The molecule has 1 fully saturated rings. The van der Waals surface area contributed by atoms with Crippen LogP contribution in [0.4, 0.5) is 0 Å². The lowest BCUT2D eigenvalue weighted by Crippen LogP contribution is -2.34. The van der Waals surface area contributed by atoms with Crippen LogP contribution >= 0.6 is 0 Å². The average molecular weight is 499 g/mol. The number of nitrogens with zero attached hydrogens (tertiary/aromatic N) is 4. The summed E-state index contributed by atoms with van der Waals surface area (Å²) in [5, 5.41) is 5.13. The Bertz CT molecular complexity index is 1280. The molecule has 0 saturated heterocycles. The van der Waals surface area contributed by atoms with E-state index in [2.05, 4.69) is 44.4 Å². The monoisotopic (exact) mass is 498 g/mol. The zero-order valence-electron chi connectivity index (χ0n) is 22.5. The lowest BCUT2D eigenvalue weighted by Gasteiger charge is -2.28. The van der Waals surface area contributed by atoms with Gasteiger partial charge in [-0.3, -0.25) is 9.69 Å². The van der Waals surface area contributed by atoms with Crippen molar-refractivity contribution in [1.29, 1.82) is 0 Å². The molecule has 1 aromatic heterocycles. The zero-order valence-corrected chi connectivity index (χ0v) is 22.5. The number of aromatic nitrogens is 2. The van der Waals surface area contributed by atoms with Crippen LogP contribution in [0.2, 0.25) is 0 Å². The van der Waals surface area contributed by atoms with Gasteiger partial charge < -0.3 is 9.64 Å². The van der Waals surface area contributed by atoms with Crippen LogP contribution in [0.3, 0.4) is 0 Å². The summed E-state index contributed by atoms with van der Waals surface area (Å²) in [5.74, 6) is 0.879. The standard InChI is InChI=1S/C31H38N4O2/c1-6-18-33-19-17-27-25(20-33)26(32-35(27)28-9-7-8-10-29(28)37-5)21-34(24-15-16-24)30(36)22-11-13-23(14-12-22)31(2,3)4/h6-14,24H,1,15-21H2,2-5H3. The Kier molecular flexibility index (Phi) is 6.95. The fourth-order valence-corrected chi connectivity index (χ4v) is 5.20. The maximum Gasteiger partial charge on any atom is 0.254 e. The highest BCUT2D eigenvalue weighted by atomic mass is 16.5. The smallest absolute Gasteiger partial charge is 0.254 e. The van der Waals surface area contributed by atoms with Gasteiger partial charge in [0.25, 0.3) is 5.91 Å². The molecule has 37 heavy (non-hydrogen) atoms. The Morgan fingerprint density at radius 3 is 2.54 bits per heavy atom. The number of para-hydroxylation sites is 2. The number of hydrogen-bond donors (Lipinski definition) is 0. The molecule has 5 rings (SSSR count). The highest BCUT2D eigenvalue weighted by molar-refractivity contribution is 5.94. The summed E-state index contributed by atoms with van der Waals surface area (Å²) < 4.78 is 7.71. The van der Waals surface area contributed by atoms with Crippen LogP contribution in [0.5, 0.6) is 5.75 Å². The first-order chi connectivity index (χ1) is 17.8. The van der Waals surface area contributed by atoms with Gasteiger partial charge in [-0.2, -0.15) is 5.10 Å². The van der Waals surface area contributed by atoms with Crippen molar-refractivity contribution in [3.8, 4) is 11.4 Å². The first-order valence-corrected chi connectivity index (χ1v) is 13.3. The minimum atomic E-state index is 0.0550. The predicted octanol–water partition coefficient (Wildman–Crippen LogP) is 5.53. The number of hydrogen-bond acceptors (Lipinski definition) is 4. The van der Waals surface area contributed by atoms with Gasteiger partial charge >= 0.3 is 0 Å². The van der Waals surface area contributed by atoms with E-state index in [1.807, 2.05) is 52.1 Å². The highest BCUT2D eigenvalue weighted by Gasteiger charge is 2.36. The van der Waals surface area contributed by atoms with E-state index >= 15 is 0 Å². The Morgan fingerprint density at radius 2 is 1.89 bits per heavy atom. The maximum atomic E-state index is 13.8. The third-order valence-electron chi connectivity index (χ3n) is 7.49. The molecule has 6 nitrogen and oxygen atoms in total. The first-order valence-electron chi connectivity index (χ1n) is 13.3. The van der Waals surface area contributed by atoms with E-state index in [9.17, 15) is 4.79 Å². The summed E-state index contributed by atoms with van der Waals surface area (Å²) in [6.07, 6.45) is 4.93. The maximum absolute atomic E-state index is 13.8. The minimum Gasteiger partial charge on any atom is -0.494 e. The van der Waals surface area contributed by atoms with Crippen molar-refractivity contribution in [2.45, 2.75) is 64.6 Å². The molecule has 1 aliphatic carbocycles. The van der Waals surface area contributed by atoms with Gasteiger partial charge in [0.05, 0.1) is 25.0 Å². The van der Waals surface area contributed by atoms with Gasteiger partial charge in [0.1, 0.15) is 11.4 Å². The molecule has 1 saturated carbocycles. The second-order valence-electron chi connectivity index (χ2n) is 11.2. The predicted molar refractivity (Wildman–Crippen MR) is 147 cm³/mol. The number of methoxy groups -OCH3 is 1. The number of rotatable bonds is 8. The van der Waals surface area contributed by atoms with Crippen LogP contribution in [0.15, 0.2) is 61.2 Å². The van der Waals surface area contributed by atoms with Crippen LogP contribution in [-0.2, 0) is 24.9 Å². The molecular formula is C31H38N4O2. The number of carbonyl (C=O) groups is 1. The van der Waals surface area contributed by atoms with Crippen LogP contribution in [-0.4, -0.2) is 51.7 Å². The van der Waals surface area contributed by atoms with E-state index < -0.39 is 0 Å². The summed E-state index contributed by atoms with van der Waals surface area (Å²) in [6.45, 7) is 13.6. The molecule has 2 aliphatic rings. The quantitative estimate of drug-likeness (QED) is 0.384. The van der Waals surface area contributed by atoms with E-state index in [0.29, 0.717) is 6.54 Å². The van der Waals surface area contributed by atoms with Crippen LogP contribution in [0.1, 0.15) is 66.5 Å². The molecule has 6 heteroatoms. The van der Waals surface area contributed by atoms with Crippen LogP contribution in [0.25, 0.3) is 5.69 Å². The summed E-state index contributed by atoms with van der Waals surface area (Å²) in [7, 11) is 1.69. The van der Waals surface area contributed by atoms with Crippen molar-refractivity contribution in [3.05, 3.63) is 89.3 Å². The number of carbonyl (C=O) groups excluding carboxylic acids is 1. The molecule has 0 N–H and O–H groups in total. The second kappa shape index (κ2) is 10.2. The summed E-state index contributed by atoms with van der Waals surface area (Å²) in [4.78, 5) is 18.2. The van der Waals surface area contributed by atoms with Gasteiger partial charge in [0.15, 0.2) is 0 Å². The molecule has 0 spiro atoms. The molecule has 0 atom stereocenters. The Balaban J connectivity index is 1.50. The van der Waals surface area contributed by atoms with Gasteiger partial charge in [-0.15, -0.1) is 6.58 Å². The van der Waals surface area contributed by atoms with Crippen molar-refractivity contribution >= 4 is 5.91 Å². The number of ether oxygens (including phenoxy) is 1. The SMILES string of the molecule is C=CCN1CCc2c(c(CN(C(=O)c3ccc(C(C)(C)C)cc3)C3CC3)nn2-c2ccccc2OC)C1. The zero-order chi connectivity index (χ0) is 26.2. The Hall–Kier alpha value is -3.38. The molecule has 2 heterocycles. The minimum absolute atomic E-state index is 0.0550. The molecule has 0 unspecified atom stereocenters. The third-order valence-corrected chi connectivity index (χ3v) is 7.49. The second-order valence-corrected chi connectivity index (χ2v) is 11.2. The van der Waals surface area contributed by atoms with E-state index in [1.165, 1.54) is 16.8 Å². The Labute approximate surface area is 220 Å². The first kappa shape index (κ1) is 25.3. The van der Waals surface area contributed by atoms with Crippen molar-refractivity contribution in [2.24, 2.45) is 0 Å². The van der Waals surface area contributed by atoms with Gasteiger partial charge in [-0.1, -0.05) is 51.1 Å². The molecule has 1 aliphatic heterocycles. The average Bonchev–Trinajstić information content (AvgIpc) is 3.68. The molecule has 1 amide bonds. The lowest BCUT2D eigenvalue weighted by atomic mass is 9.86. The molecule has 3 aromatic rings. The summed E-state index contributed by atoms with van der Waals surface area (Å²) >= 11 is 0. The van der Waals surface area contributed by atoms with Crippen molar-refractivity contribution in [3.63, 3.8) is 0 Å². The van der Waals surface area contributed by atoms with Crippen molar-refractivity contribution in [1.82, 2.24) is 19.6 Å². The Morgan fingerprint density at radius 1 is 1.16 bits per heavy atom. The van der Waals surface area contributed by atoms with Gasteiger partial charge in [0, 0.05) is 43.2 Å². The molecule has 0 bridgehead atoms. The van der Waals surface area contributed by atoms with E-state index in [1.54, 1.807) is 7.11 Å². The molecule has 2 aromatic carbocycles. The largest absolute Gasteiger partial charge is 0.494 e. The summed E-state index contributed by atoms with van der Waals surface area (Å²) in [5.41, 5.74) is 6.37. The van der Waals surface area contributed by atoms with E-state index in [0.717, 1.165) is 61.6 Å². The topological polar surface area (TPSA) is 50.6 Å². The summed E-state index contributed by atoms with van der Waals surface area (Å²) in [6, 6.07) is 16.4. The van der Waals surface area contributed by atoms with Crippen molar-refractivity contribution in [2.75, 3.05) is 20.2 Å². The van der Waals surface area contributed by atoms with Crippen LogP contribution in [0, 0.1) is 0 Å². The fraction of sp³-hybridized carbons (Fsp3) is 0.419. The number of fused-ring (bicyclic) bond motifs is 1. The van der Waals surface area contributed by atoms with Gasteiger partial charge in [-0.25, -0.2) is 4.68 Å². The fourth-order valence-electron chi connectivity index (χ4n) is 5.20. The molecule has 194 valence electrons. The van der Waals surface area contributed by atoms with Crippen molar-refractivity contribution < 1.29 is 9.53 Å². The van der Waals surface area contributed by atoms with E-state index in [-0.39, 0.29) is 17.4 Å². The molecule has 0 radical (unpaired) electrons. The van der Waals surface area contributed by atoms with E-state index in [4.69, 9.17) is 9.84 Å².